The maximum Gasteiger partial charge on any atom is 0.276 e. The first kappa shape index (κ1) is 21.5. The molecule has 2 heterocycles. The molecule has 7 heteroatoms. The largest absolute Gasteiger partial charge is 0.483 e. The number of hydrogen-bond donors (Lipinski definition) is 0. The standard InChI is InChI=1S/C25H23N3O4/c29-28-25(13-15-30-16-14-25)12-11-22-17-23(31-18-20-7-3-1-4-8-20)24(27-26-22)32-19-21-9-5-2-6-10-21/h1-10,17H,13-16,18-19H2. The van der Waals surface area contributed by atoms with Gasteiger partial charge in [0.2, 0.25) is 0 Å². The minimum Gasteiger partial charge on any atom is -0.483 e. The Morgan fingerprint density at radius 1 is 0.906 bits per heavy atom. The Hall–Kier alpha value is -3.76. The highest BCUT2D eigenvalue weighted by molar-refractivity contribution is 5.41. The monoisotopic (exact) mass is 429 g/mol. The highest BCUT2D eigenvalue weighted by atomic mass is 16.5. The summed E-state index contributed by atoms with van der Waals surface area (Å²) < 4.78 is 17.2. The molecule has 0 atom stereocenters. The Labute approximate surface area is 186 Å². The lowest BCUT2D eigenvalue weighted by molar-refractivity contribution is 0.0707. The second-order valence-electron chi connectivity index (χ2n) is 7.43. The van der Waals surface area contributed by atoms with Crippen LogP contribution in [0, 0.1) is 16.7 Å². The average Bonchev–Trinajstić information content (AvgIpc) is 2.87. The Balaban J connectivity index is 1.55. The molecular formula is C25H23N3O4. The zero-order valence-electron chi connectivity index (χ0n) is 17.6. The topological polar surface area (TPSA) is 82.9 Å². The zero-order chi connectivity index (χ0) is 22.1. The first-order valence-corrected chi connectivity index (χ1v) is 10.4. The van der Waals surface area contributed by atoms with Gasteiger partial charge in [0, 0.05) is 32.1 Å². The van der Waals surface area contributed by atoms with Crippen molar-refractivity contribution < 1.29 is 14.2 Å². The molecule has 7 nitrogen and oxygen atoms in total. The average molecular weight is 429 g/mol. The van der Waals surface area contributed by atoms with Gasteiger partial charge in [-0.25, -0.2) is 0 Å². The predicted octanol–water partition coefficient (Wildman–Crippen LogP) is 4.30. The van der Waals surface area contributed by atoms with E-state index in [1.807, 2.05) is 60.7 Å². The number of aromatic nitrogens is 2. The van der Waals surface area contributed by atoms with Gasteiger partial charge in [-0.3, -0.25) is 0 Å². The van der Waals surface area contributed by atoms with Crippen molar-refractivity contribution in [3.05, 3.63) is 88.5 Å². The van der Waals surface area contributed by atoms with Crippen LogP contribution in [0.2, 0.25) is 0 Å². The van der Waals surface area contributed by atoms with Gasteiger partial charge in [-0.15, -0.1) is 15.1 Å². The molecule has 1 fully saturated rings. The minimum absolute atomic E-state index is 0.282. The van der Waals surface area contributed by atoms with Crippen LogP contribution >= 0.6 is 0 Å². The van der Waals surface area contributed by atoms with Gasteiger partial charge in [-0.05, 0) is 22.2 Å². The van der Waals surface area contributed by atoms with Crippen LogP contribution in [0.4, 0.5) is 0 Å². The number of ether oxygens (including phenoxy) is 3. The Kier molecular flexibility index (Phi) is 7.05. The van der Waals surface area contributed by atoms with Crippen LogP contribution in [0.5, 0.6) is 11.6 Å². The van der Waals surface area contributed by atoms with Crippen molar-refractivity contribution in [2.24, 2.45) is 5.18 Å². The number of nitroso groups, excluding NO2 is 1. The Bertz CT molecular complexity index is 1090. The second kappa shape index (κ2) is 10.5. The SMILES string of the molecule is O=NC1(C#Cc2cc(OCc3ccccc3)c(OCc3ccccc3)nn2)CCOCC1. The van der Waals surface area contributed by atoms with Gasteiger partial charge in [-0.1, -0.05) is 66.6 Å². The lowest BCUT2D eigenvalue weighted by Gasteiger charge is -2.24. The van der Waals surface area contributed by atoms with E-state index in [-0.39, 0.29) is 5.88 Å². The van der Waals surface area contributed by atoms with E-state index in [4.69, 9.17) is 14.2 Å². The molecule has 3 aromatic rings. The van der Waals surface area contributed by atoms with E-state index in [0.717, 1.165) is 11.1 Å². The first-order chi connectivity index (χ1) is 15.8. The first-order valence-electron chi connectivity index (χ1n) is 10.4. The lowest BCUT2D eigenvalue weighted by Crippen LogP contribution is -2.32. The van der Waals surface area contributed by atoms with E-state index in [1.165, 1.54) is 0 Å². The molecule has 0 bridgehead atoms. The molecule has 0 saturated carbocycles. The molecule has 1 aromatic heterocycles. The fourth-order valence-electron chi connectivity index (χ4n) is 3.22. The van der Waals surface area contributed by atoms with Crippen LogP contribution in [-0.2, 0) is 18.0 Å². The van der Waals surface area contributed by atoms with E-state index in [0.29, 0.717) is 50.7 Å². The molecule has 1 saturated heterocycles. The van der Waals surface area contributed by atoms with Crippen LogP contribution in [0.3, 0.4) is 0 Å². The van der Waals surface area contributed by atoms with Crippen LogP contribution in [0.25, 0.3) is 0 Å². The van der Waals surface area contributed by atoms with Gasteiger partial charge in [0.25, 0.3) is 5.88 Å². The summed E-state index contributed by atoms with van der Waals surface area (Å²) in [5.74, 6) is 6.63. The highest BCUT2D eigenvalue weighted by Gasteiger charge is 2.32. The molecule has 162 valence electrons. The summed E-state index contributed by atoms with van der Waals surface area (Å²) in [4.78, 5) is 11.4. The van der Waals surface area contributed by atoms with Crippen LogP contribution < -0.4 is 9.47 Å². The number of rotatable bonds is 7. The number of hydrogen-bond acceptors (Lipinski definition) is 7. The normalized spacial score (nSPS) is 14.6. The van der Waals surface area contributed by atoms with E-state index < -0.39 is 5.54 Å². The molecule has 1 aliphatic rings. The summed E-state index contributed by atoms with van der Waals surface area (Å²) in [5.41, 5.74) is 1.45. The maximum atomic E-state index is 11.4. The van der Waals surface area contributed by atoms with Crippen LogP contribution in [-0.4, -0.2) is 29.0 Å². The zero-order valence-corrected chi connectivity index (χ0v) is 17.6. The predicted molar refractivity (Wildman–Crippen MR) is 119 cm³/mol. The highest BCUT2D eigenvalue weighted by Crippen LogP contribution is 2.27. The summed E-state index contributed by atoms with van der Waals surface area (Å²) in [5, 5.41) is 11.6. The van der Waals surface area contributed by atoms with Gasteiger partial charge in [0.15, 0.2) is 11.3 Å². The van der Waals surface area contributed by atoms with E-state index in [1.54, 1.807) is 6.07 Å². The fourth-order valence-corrected chi connectivity index (χ4v) is 3.22. The van der Waals surface area contributed by atoms with Crippen LogP contribution in [0.15, 0.2) is 71.9 Å². The third-order valence-corrected chi connectivity index (χ3v) is 5.10. The third-order valence-electron chi connectivity index (χ3n) is 5.10. The van der Waals surface area contributed by atoms with E-state index in [9.17, 15) is 4.91 Å². The minimum atomic E-state index is -0.951. The number of nitrogens with zero attached hydrogens (tertiary/aromatic N) is 3. The van der Waals surface area contributed by atoms with Gasteiger partial charge in [0.1, 0.15) is 18.9 Å². The fraction of sp³-hybridized carbons (Fsp3) is 0.280. The molecule has 4 rings (SSSR count). The molecule has 0 spiro atoms. The molecular weight excluding hydrogens is 406 g/mol. The van der Waals surface area contributed by atoms with Gasteiger partial charge < -0.3 is 14.2 Å². The number of benzene rings is 2. The summed E-state index contributed by atoms with van der Waals surface area (Å²) in [6.07, 6.45) is 0.930. The van der Waals surface area contributed by atoms with Crippen LogP contribution in [0.1, 0.15) is 29.7 Å². The van der Waals surface area contributed by atoms with Crippen molar-refractivity contribution in [2.75, 3.05) is 13.2 Å². The smallest absolute Gasteiger partial charge is 0.276 e. The van der Waals surface area contributed by atoms with Crippen molar-refractivity contribution >= 4 is 0 Å². The molecule has 1 aliphatic heterocycles. The van der Waals surface area contributed by atoms with Crippen molar-refractivity contribution in [2.45, 2.75) is 31.6 Å². The molecule has 0 unspecified atom stereocenters. The van der Waals surface area contributed by atoms with Gasteiger partial charge in [-0.2, -0.15) is 0 Å². The molecule has 0 N–H and O–H groups in total. The van der Waals surface area contributed by atoms with Crippen molar-refractivity contribution in [1.82, 2.24) is 10.2 Å². The molecule has 32 heavy (non-hydrogen) atoms. The Morgan fingerprint density at radius 2 is 1.53 bits per heavy atom. The lowest BCUT2D eigenvalue weighted by atomic mass is 9.92. The van der Waals surface area contributed by atoms with Gasteiger partial charge in [0.05, 0.1) is 0 Å². The summed E-state index contributed by atoms with van der Waals surface area (Å²) in [7, 11) is 0. The van der Waals surface area contributed by atoms with E-state index in [2.05, 4.69) is 27.2 Å². The molecule has 0 amide bonds. The molecule has 0 aliphatic carbocycles. The van der Waals surface area contributed by atoms with Gasteiger partial charge >= 0.3 is 0 Å². The van der Waals surface area contributed by atoms with Crippen molar-refractivity contribution in [3.63, 3.8) is 0 Å². The van der Waals surface area contributed by atoms with Crippen molar-refractivity contribution in [3.8, 4) is 23.5 Å². The summed E-state index contributed by atoms with van der Waals surface area (Å²) in [6, 6.07) is 21.3. The third kappa shape index (κ3) is 5.68. The van der Waals surface area contributed by atoms with E-state index >= 15 is 0 Å². The molecule has 2 aromatic carbocycles. The molecule has 0 radical (unpaired) electrons. The quantitative estimate of drug-likeness (QED) is 0.411. The second-order valence-corrected chi connectivity index (χ2v) is 7.43. The Morgan fingerprint density at radius 3 is 2.16 bits per heavy atom. The summed E-state index contributed by atoms with van der Waals surface area (Å²) in [6.45, 7) is 1.60. The maximum absolute atomic E-state index is 11.4. The van der Waals surface area contributed by atoms with Crippen molar-refractivity contribution in [1.29, 1.82) is 0 Å². The summed E-state index contributed by atoms with van der Waals surface area (Å²) >= 11 is 0.